The van der Waals surface area contributed by atoms with E-state index in [1.165, 1.54) is 18.4 Å². The van der Waals surface area contributed by atoms with Crippen molar-refractivity contribution in [3.05, 3.63) is 52.4 Å². The zero-order valence-corrected chi connectivity index (χ0v) is 12.4. The lowest BCUT2D eigenvalue weighted by Crippen LogP contribution is -2.20. The molecule has 1 aliphatic carbocycles. The van der Waals surface area contributed by atoms with E-state index in [4.69, 9.17) is 0 Å². The van der Waals surface area contributed by atoms with Crippen LogP contribution in [-0.2, 0) is 5.41 Å². The van der Waals surface area contributed by atoms with Gasteiger partial charge in [-0.15, -0.1) is 0 Å². The molecule has 0 aliphatic heterocycles. The molecular weight excluding hydrogens is 302 g/mol. The molecule has 98 valence electrons. The molecule has 1 N–H and O–H groups in total. The molecule has 0 atom stereocenters. The molecule has 1 saturated carbocycles. The predicted octanol–water partition coefficient (Wildman–Crippen LogP) is 3.69. The fraction of sp³-hybridized carbons (Fsp3) is 0.333. The third-order valence-electron chi connectivity index (χ3n) is 3.65. The van der Waals surface area contributed by atoms with Crippen LogP contribution in [0.4, 0.5) is 5.82 Å². The molecule has 3 rings (SSSR count). The van der Waals surface area contributed by atoms with Crippen molar-refractivity contribution in [3.8, 4) is 0 Å². The van der Waals surface area contributed by atoms with Crippen molar-refractivity contribution >= 4 is 21.7 Å². The first-order valence-electron chi connectivity index (χ1n) is 6.47. The largest absolute Gasteiger partial charge is 0.368 e. The molecule has 1 fully saturated rings. The van der Waals surface area contributed by atoms with E-state index in [1.807, 2.05) is 6.92 Å². The van der Waals surface area contributed by atoms with Gasteiger partial charge < -0.3 is 5.32 Å². The maximum atomic E-state index is 4.43. The quantitative estimate of drug-likeness (QED) is 0.934. The maximum Gasteiger partial charge on any atom is 0.144 e. The van der Waals surface area contributed by atoms with Crippen LogP contribution in [0.25, 0.3) is 0 Å². The Bertz CT molecular complexity index is 593. The SMILES string of the molecule is Cc1cncc(NCC2(c3cccc(Br)c3)CC2)n1. The van der Waals surface area contributed by atoms with Gasteiger partial charge in [-0.1, -0.05) is 28.1 Å². The van der Waals surface area contributed by atoms with E-state index in [1.54, 1.807) is 12.4 Å². The van der Waals surface area contributed by atoms with Crippen molar-refractivity contribution in [1.29, 1.82) is 0 Å². The lowest BCUT2D eigenvalue weighted by atomic mass is 9.96. The summed E-state index contributed by atoms with van der Waals surface area (Å²) in [6.45, 7) is 2.88. The van der Waals surface area contributed by atoms with Crippen molar-refractivity contribution in [3.63, 3.8) is 0 Å². The molecule has 0 radical (unpaired) electrons. The summed E-state index contributed by atoms with van der Waals surface area (Å²) >= 11 is 3.55. The monoisotopic (exact) mass is 317 g/mol. The molecule has 1 aliphatic rings. The Labute approximate surface area is 121 Å². The summed E-state index contributed by atoms with van der Waals surface area (Å²) in [5.41, 5.74) is 2.61. The molecular formula is C15H16BrN3. The van der Waals surface area contributed by atoms with Gasteiger partial charge in [0.15, 0.2) is 0 Å². The van der Waals surface area contributed by atoms with Crippen LogP contribution >= 0.6 is 15.9 Å². The van der Waals surface area contributed by atoms with Crippen LogP contribution in [0, 0.1) is 6.92 Å². The maximum absolute atomic E-state index is 4.43. The molecule has 0 bridgehead atoms. The summed E-state index contributed by atoms with van der Waals surface area (Å²) in [6, 6.07) is 8.60. The second kappa shape index (κ2) is 4.93. The van der Waals surface area contributed by atoms with Gasteiger partial charge in [0.25, 0.3) is 0 Å². The van der Waals surface area contributed by atoms with E-state index < -0.39 is 0 Å². The Balaban J connectivity index is 1.73. The van der Waals surface area contributed by atoms with Crippen LogP contribution in [-0.4, -0.2) is 16.5 Å². The fourth-order valence-electron chi connectivity index (χ4n) is 2.35. The third kappa shape index (κ3) is 2.78. The highest BCUT2D eigenvalue weighted by Gasteiger charge is 2.44. The topological polar surface area (TPSA) is 37.8 Å². The van der Waals surface area contributed by atoms with E-state index in [-0.39, 0.29) is 5.41 Å². The van der Waals surface area contributed by atoms with Gasteiger partial charge in [-0.3, -0.25) is 4.98 Å². The molecule has 0 saturated heterocycles. The summed E-state index contributed by atoms with van der Waals surface area (Å²) in [6.07, 6.45) is 6.02. The predicted molar refractivity (Wildman–Crippen MR) is 80.3 cm³/mol. The molecule has 0 spiro atoms. The number of benzene rings is 1. The zero-order chi connectivity index (χ0) is 13.3. The van der Waals surface area contributed by atoms with Crippen LogP contribution in [0.1, 0.15) is 24.1 Å². The molecule has 3 nitrogen and oxygen atoms in total. The molecule has 4 heteroatoms. The normalized spacial score (nSPS) is 16.1. The highest BCUT2D eigenvalue weighted by molar-refractivity contribution is 9.10. The van der Waals surface area contributed by atoms with Crippen LogP contribution < -0.4 is 5.32 Å². The number of anilines is 1. The van der Waals surface area contributed by atoms with Crippen LogP contribution in [0.3, 0.4) is 0 Å². The number of aryl methyl sites for hydroxylation is 1. The Morgan fingerprint density at radius 1 is 1.32 bits per heavy atom. The van der Waals surface area contributed by atoms with Gasteiger partial charge in [-0.25, -0.2) is 4.98 Å². The van der Waals surface area contributed by atoms with Crippen molar-refractivity contribution in [2.24, 2.45) is 0 Å². The van der Waals surface area contributed by atoms with Crippen molar-refractivity contribution in [1.82, 2.24) is 9.97 Å². The molecule has 1 heterocycles. The van der Waals surface area contributed by atoms with Crippen molar-refractivity contribution in [2.45, 2.75) is 25.2 Å². The van der Waals surface area contributed by atoms with Gasteiger partial charge in [-0.2, -0.15) is 0 Å². The molecule has 2 aromatic rings. The summed E-state index contributed by atoms with van der Waals surface area (Å²) in [7, 11) is 0. The minimum atomic E-state index is 0.273. The molecule has 0 unspecified atom stereocenters. The number of aromatic nitrogens is 2. The summed E-state index contributed by atoms with van der Waals surface area (Å²) in [5.74, 6) is 0.862. The second-order valence-corrected chi connectivity index (χ2v) is 6.11. The van der Waals surface area contributed by atoms with E-state index in [0.717, 1.165) is 22.5 Å². The zero-order valence-electron chi connectivity index (χ0n) is 10.9. The number of halogens is 1. The Morgan fingerprint density at radius 2 is 2.16 bits per heavy atom. The van der Waals surface area contributed by atoms with Gasteiger partial charge in [0.05, 0.1) is 11.9 Å². The fourth-order valence-corrected chi connectivity index (χ4v) is 2.74. The Kier molecular flexibility index (Phi) is 3.27. The van der Waals surface area contributed by atoms with Gasteiger partial charge in [0, 0.05) is 22.6 Å². The van der Waals surface area contributed by atoms with Crippen molar-refractivity contribution in [2.75, 3.05) is 11.9 Å². The average Bonchev–Trinajstić information content (AvgIpc) is 3.18. The van der Waals surface area contributed by atoms with Gasteiger partial charge in [0.1, 0.15) is 5.82 Å². The average molecular weight is 318 g/mol. The number of hydrogen-bond donors (Lipinski definition) is 1. The summed E-state index contributed by atoms with van der Waals surface area (Å²) in [4.78, 5) is 8.59. The van der Waals surface area contributed by atoms with E-state index in [0.29, 0.717) is 0 Å². The molecule has 19 heavy (non-hydrogen) atoms. The highest BCUT2D eigenvalue weighted by Crippen LogP contribution is 2.48. The third-order valence-corrected chi connectivity index (χ3v) is 4.15. The van der Waals surface area contributed by atoms with Gasteiger partial charge in [-0.05, 0) is 37.5 Å². The summed E-state index contributed by atoms with van der Waals surface area (Å²) in [5, 5.41) is 3.42. The Hall–Kier alpha value is -1.42. The number of nitrogens with zero attached hydrogens (tertiary/aromatic N) is 2. The van der Waals surface area contributed by atoms with E-state index in [9.17, 15) is 0 Å². The van der Waals surface area contributed by atoms with E-state index >= 15 is 0 Å². The Morgan fingerprint density at radius 3 is 2.84 bits per heavy atom. The first kappa shape index (κ1) is 12.6. The molecule has 0 amide bonds. The van der Waals surface area contributed by atoms with Crippen molar-refractivity contribution < 1.29 is 0 Å². The molecule has 1 aromatic heterocycles. The van der Waals surface area contributed by atoms with Gasteiger partial charge in [0.2, 0.25) is 0 Å². The second-order valence-electron chi connectivity index (χ2n) is 5.19. The lowest BCUT2D eigenvalue weighted by molar-refractivity contribution is 0.728. The van der Waals surface area contributed by atoms with E-state index in [2.05, 4.69) is 55.5 Å². The minimum Gasteiger partial charge on any atom is -0.368 e. The lowest BCUT2D eigenvalue weighted by Gasteiger charge is -2.17. The van der Waals surface area contributed by atoms with Gasteiger partial charge >= 0.3 is 0 Å². The number of hydrogen-bond acceptors (Lipinski definition) is 3. The van der Waals surface area contributed by atoms with Crippen LogP contribution in [0.2, 0.25) is 0 Å². The first-order valence-corrected chi connectivity index (χ1v) is 7.26. The number of rotatable bonds is 4. The number of nitrogens with one attached hydrogen (secondary N) is 1. The summed E-state index contributed by atoms with van der Waals surface area (Å²) < 4.78 is 1.15. The smallest absolute Gasteiger partial charge is 0.144 e. The molecule has 1 aromatic carbocycles. The van der Waals surface area contributed by atoms with Crippen LogP contribution in [0.15, 0.2) is 41.1 Å². The standard InChI is InChI=1S/C15H16BrN3/c1-11-8-17-9-14(19-11)18-10-15(5-6-15)12-3-2-4-13(16)7-12/h2-4,7-9H,5-6,10H2,1H3,(H,18,19). The van der Waals surface area contributed by atoms with Crippen LogP contribution in [0.5, 0.6) is 0 Å². The minimum absolute atomic E-state index is 0.273. The highest BCUT2D eigenvalue weighted by atomic mass is 79.9. The first-order chi connectivity index (χ1) is 9.18.